The molecule has 0 aromatic heterocycles. The first-order valence-electron chi connectivity index (χ1n) is 8.62. The molecule has 0 aliphatic carbocycles. The van der Waals surface area contributed by atoms with E-state index in [9.17, 15) is 0 Å². The number of nitrogens with one attached hydrogen (secondary N) is 1. The predicted octanol–water partition coefficient (Wildman–Crippen LogP) is 3.98. The van der Waals surface area contributed by atoms with Crippen molar-refractivity contribution >= 4 is 0 Å². The average Bonchev–Trinajstić information content (AvgIpc) is 2.44. The lowest BCUT2D eigenvalue weighted by Gasteiger charge is -2.41. The Kier molecular flexibility index (Phi) is 6.25. The van der Waals surface area contributed by atoms with E-state index < -0.39 is 0 Å². The molecule has 118 valence electrons. The maximum atomic E-state index is 3.76. The smallest absolute Gasteiger partial charge is 0.0240 e. The van der Waals surface area contributed by atoms with Crippen molar-refractivity contribution in [3.8, 4) is 0 Å². The molecule has 2 nitrogen and oxygen atoms in total. The van der Waals surface area contributed by atoms with Crippen LogP contribution in [0.4, 0.5) is 0 Å². The summed E-state index contributed by atoms with van der Waals surface area (Å²) in [5.74, 6) is 0.763. The first-order valence-corrected chi connectivity index (χ1v) is 8.62. The van der Waals surface area contributed by atoms with E-state index in [1.807, 2.05) is 0 Å². The highest BCUT2D eigenvalue weighted by Crippen LogP contribution is 2.21. The third-order valence-electron chi connectivity index (χ3n) is 4.63. The van der Waals surface area contributed by atoms with Crippen LogP contribution >= 0.6 is 0 Å². The van der Waals surface area contributed by atoms with Crippen LogP contribution in [-0.4, -0.2) is 30.1 Å². The lowest BCUT2D eigenvalue weighted by molar-refractivity contribution is 0.103. The molecule has 2 unspecified atom stereocenters. The van der Waals surface area contributed by atoms with Crippen molar-refractivity contribution in [1.82, 2.24) is 10.2 Å². The van der Waals surface area contributed by atoms with Gasteiger partial charge in [-0.2, -0.15) is 0 Å². The van der Waals surface area contributed by atoms with Crippen LogP contribution in [0.25, 0.3) is 0 Å². The maximum absolute atomic E-state index is 3.76. The van der Waals surface area contributed by atoms with Crippen LogP contribution in [0.2, 0.25) is 0 Å². The third-order valence-corrected chi connectivity index (χ3v) is 4.63. The van der Waals surface area contributed by atoms with Gasteiger partial charge in [-0.25, -0.2) is 0 Å². The zero-order valence-corrected chi connectivity index (χ0v) is 14.2. The van der Waals surface area contributed by atoms with Gasteiger partial charge in [0, 0.05) is 31.7 Å². The largest absolute Gasteiger partial charge is 0.311 e. The second kappa shape index (κ2) is 7.95. The monoisotopic (exact) mass is 288 g/mol. The van der Waals surface area contributed by atoms with Gasteiger partial charge in [-0.1, -0.05) is 51.5 Å². The van der Waals surface area contributed by atoms with Gasteiger partial charge < -0.3 is 5.32 Å². The number of hydrogen-bond acceptors (Lipinski definition) is 2. The summed E-state index contributed by atoms with van der Waals surface area (Å²) in [7, 11) is 0. The van der Waals surface area contributed by atoms with Crippen LogP contribution in [0.3, 0.4) is 0 Å². The Morgan fingerprint density at radius 1 is 1.29 bits per heavy atom. The third kappa shape index (κ3) is 4.82. The fourth-order valence-electron chi connectivity index (χ4n) is 3.45. The number of hydrogen-bond donors (Lipinski definition) is 1. The number of piperazine rings is 1. The normalized spacial score (nSPS) is 23.7. The van der Waals surface area contributed by atoms with Crippen molar-refractivity contribution in [3.05, 3.63) is 35.4 Å². The molecule has 0 saturated carbocycles. The van der Waals surface area contributed by atoms with Crippen LogP contribution in [0.15, 0.2) is 24.3 Å². The summed E-state index contributed by atoms with van der Waals surface area (Å²) in [5.41, 5.74) is 2.91. The Balaban J connectivity index is 2.07. The molecule has 1 aliphatic rings. The number of benzene rings is 1. The van der Waals surface area contributed by atoms with Gasteiger partial charge in [0.2, 0.25) is 0 Å². The van der Waals surface area contributed by atoms with Crippen molar-refractivity contribution in [2.24, 2.45) is 5.92 Å². The van der Waals surface area contributed by atoms with E-state index in [4.69, 9.17) is 0 Å². The zero-order valence-electron chi connectivity index (χ0n) is 14.2. The van der Waals surface area contributed by atoms with Gasteiger partial charge in [-0.15, -0.1) is 0 Å². The molecule has 1 heterocycles. The fraction of sp³-hybridized carbons (Fsp3) is 0.684. The van der Waals surface area contributed by atoms with Crippen LogP contribution in [-0.2, 0) is 6.54 Å². The molecular weight excluding hydrogens is 256 g/mol. The summed E-state index contributed by atoms with van der Waals surface area (Å²) in [6.07, 6.45) is 3.85. The molecule has 0 amide bonds. The topological polar surface area (TPSA) is 15.3 Å². The zero-order chi connectivity index (χ0) is 15.2. The Hall–Kier alpha value is -0.860. The summed E-state index contributed by atoms with van der Waals surface area (Å²) >= 11 is 0. The molecule has 1 aromatic rings. The van der Waals surface area contributed by atoms with Crippen LogP contribution < -0.4 is 5.32 Å². The average molecular weight is 288 g/mol. The minimum Gasteiger partial charge on any atom is -0.311 e. The van der Waals surface area contributed by atoms with Crippen molar-refractivity contribution in [1.29, 1.82) is 0 Å². The van der Waals surface area contributed by atoms with Gasteiger partial charge in [0.15, 0.2) is 0 Å². The number of aryl methyl sites for hydroxylation is 1. The lowest BCUT2D eigenvalue weighted by atomic mass is 9.96. The molecule has 0 spiro atoms. The summed E-state index contributed by atoms with van der Waals surface area (Å²) < 4.78 is 0. The summed E-state index contributed by atoms with van der Waals surface area (Å²) in [5, 5.41) is 3.76. The second-order valence-corrected chi connectivity index (χ2v) is 7.03. The number of rotatable bonds is 6. The van der Waals surface area contributed by atoms with Crippen molar-refractivity contribution in [3.63, 3.8) is 0 Å². The first-order chi connectivity index (χ1) is 10.1. The summed E-state index contributed by atoms with van der Waals surface area (Å²) in [4.78, 5) is 2.72. The molecule has 21 heavy (non-hydrogen) atoms. The van der Waals surface area contributed by atoms with Gasteiger partial charge in [0.05, 0.1) is 0 Å². The van der Waals surface area contributed by atoms with Crippen molar-refractivity contribution in [2.75, 3.05) is 13.1 Å². The standard InChI is InChI=1S/C19H32N2/c1-5-8-18-14-21(19(12-20-18)11-15(2)3)13-17-10-7-6-9-16(17)4/h6-7,9-10,15,18-20H,5,8,11-14H2,1-4H3. The minimum atomic E-state index is 0.669. The fourth-order valence-corrected chi connectivity index (χ4v) is 3.45. The Labute approximate surface area is 130 Å². The second-order valence-electron chi connectivity index (χ2n) is 7.03. The molecule has 0 radical (unpaired) electrons. The maximum Gasteiger partial charge on any atom is 0.0240 e. The Bertz CT molecular complexity index is 427. The van der Waals surface area contributed by atoms with Gasteiger partial charge in [0.25, 0.3) is 0 Å². The molecule has 1 fully saturated rings. The quantitative estimate of drug-likeness (QED) is 0.851. The van der Waals surface area contributed by atoms with Gasteiger partial charge in [-0.3, -0.25) is 4.90 Å². The van der Waals surface area contributed by atoms with E-state index in [-0.39, 0.29) is 0 Å². The summed E-state index contributed by atoms with van der Waals surface area (Å²) in [6.45, 7) is 12.6. The molecule has 2 atom stereocenters. The molecule has 1 N–H and O–H groups in total. The molecule has 2 rings (SSSR count). The molecule has 1 aromatic carbocycles. The lowest BCUT2D eigenvalue weighted by Crippen LogP contribution is -2.56. The van der Waals surface area contributed by atoms with Gasteiger partial charge in [0.1, 0.15) is 0 Å². The number of nitrogens with zero attached hydrogens (tertiary/aromatic N) is 1. The van der Waals surface area contributed by atoms with E-state index in [1.165, 1.54) is 36.9 Å². The Morgan fingerprint density at radius 3 is 2.71 bits per heavy atom. The van der Waals surface area contributed by atoms with Crippen LogP contribution in [0.1, 0.15) is 51.2 Å². The Morgan fingerprint density at radius 2 is 2.05 bits per heavy atom. The SMILES string of the molecule is CCCC1CN(Cc2ccccc2C)C(CC(C)C)CN1. The van der Waals surface area contributed by atoms with E-state index in [1.54, 1.807) is 0 Å². The van der Waals surface area contributed by atoms with Crippen LogP contribution in [0.5, 0.6) is 0 Å². The molecule has 1 saturated heterocycles. The minimum absolute atomic E-state index is 0.669. The van der Waals surface area contributed by atoms with Crippen molar-refractivity contribution < 1.29 is 0 Å². The summed E-state index contributed by atoms with van der Waals surface area (Å²) in [6, 6.07) is 10.2. The highest BCUT2D eigenvalue weighted by molar-refractivity contribution is 5.25. The van der Waals surface area contributed by atoms with E-state index in [2.05, 4.69) is 62.2 Å². The first kappa shape index (κ1) is 16.5. The highest BCUT2D eigenvalue weighted by atomic mass is 15.2. The van der Waals surface area contributed by atoms with Gasteiger partial charge >= 0.3 is 0 Å². The van der Waals surface area contributed by atoms with E-state index >= 15 is 0 Å². The van der Waals surface area contributed by atoms with E-state index in [0.717, 1.165) is 19.0 Å². The van der Waals surface area contributed by atoms with Gasteiger partial charge in [-0.05, 0) is 36.8 Å². The van der Waals surface area contributed by atoms with Crippen LogP contribution in [0, 0.1) is 12.8 Å². The molecular formula is C19H32N2. The van der Waals surface area contributed by atoms with E-state index in [0.29, 0.717) is 12.1 Å². The molecule has 2 heteroatoms. The molecule has 1 aliphatic heterocycles. The highest BCUT2D eigenvalue weighted by Gasteiger charge is 2.28. The molecule has 0 bridgehead atoms. The predicted molar refractivity (Wildman–Crippen MR) is 91.5 cm³/mol. The van der Waals surface area contributed by atoms with Crippen molar-refractivity contribution in [2.45, 2.75) is 65.6 Å².